The van der Waals surface area contributed by atoms with E-state index in [1.54, 1.807) is 30.8 Å². The Morgan fingerprint density at radius 1 is 1.17 bits per heavy atom. The summed E-state index contributed by atoms with van der Waals surface area (Å²) in [5.74, 6) is 0.389. The van der Waals surface area contributed by atoms with Crippen LogP contribution in [0.4, 0.5) is 0 Å². The zero-order chi connectivity index (χ0) is 21.4. The number of benzene rings is 1. The number of rotatable bonds is 6. The van der Waals surface area contributed by atoms with Gasteiger partial charge in [-0.3, -0.25) is 4.79 Å². The van der Waals surface area contributed by atoms with Crippen LogP contribution in [0, 0.1) is 6.92 Å². The zero-order valence-electron chi connectivity index (χ0n) is 16.8. The third-order valence-corrected chi connectivity index (χ3v) is 7.63. The predicted octanol–water partition coefficient (Wildman–Crippen LogP) is 6.74. The lowest BCUT2D eigenvalue weighted by Crippen LogP contribution is -2.06. The minimum atomic E-state index is -0.397. The number of hydrogen-bond donors (Lipinski definition) is 0. The number of fused-ring (bicyclic) bond motifs is 3. The van der Waals surface area contributed by atoms with E-state index in [0.29, 0.717) is 21.4 Å². The lowest BCUT2D eigenvalue weighted by molar-refractivity contribution is 0.0531. The first-order chi connectivity index (χ1) is 14.5. The Kier molecular flexibility index (Phi) is 6.04. The van der Waals surface area contributed by atoms with Gasteiger partial charge in [-0.1, -0.05) is 22.9 Å². The molecular weight excluding hydrogens is 482 g/mol. The fraction of sp³-hybridized carbons (Fsp3) is 0.217. The highest BCUT2D eigenvalue weighted by atomic mass is 79.9. The van der Waals surface area contributed by atoms with Gasteiger partial charge < -0.3 is 9.14 Å². The van der Waals surface area contributed by atoms with E-state index in [1.807, 2.05) is 41.8 Å². The quantitative estimate of drug-likeness (QED) is 0.166. The molecule has 0 fully saturated rings. The average molecular weight is 502 g/mol. The number of aromatic nitrogens is 1. The van der Waals surface area contributed by atoms with Crippen LogP contribution in [0.15, 0.2) is 51.3 Å². The monoisotopic (exact) mass is 501 g/mol. The smallest absolute Gasteiger partial charge is 0.341 e. The zero-order valence-corrected chi connectivity index (χ0v) is 20.0. The number of halogens is 1. The third-order valence-electron chi connectivity index (χ3n) is 4.78. The Balaban J connectivity index is 2.07. The van der Waals surface area contributed by atoms with Crippen LogP contribution in [0.25, 0.3) is 16.4 Å². The molecule has 0 unspecified atom stereocenters. The summed E-state index contributed by atoms with van der Waals surface area (Å²) in [7, 11) is 0. The van der Waals surface area contributed by atoms with E-state index in [1.165, 1.54) is 11.3 Å². The van der Waals surface area contributed by atoms with Crippen LogP contribution in [-0.4, -0.2) is 28.5 Å². The summed E-state index contributed by atoms with van der Waals surface area (Å²) in [6.45, 7) is 6.14. The molecule has 4 rings (SSSR count). The molecule has 4 nitrogen and oxygen atoms in total. The molecule has 3 aromatic heterocycles. The lowest BCUT2D eigenvalue weighted by atomic mass is 10.1. The second-order valence-electron chi connectivity index (χ2n) is 6.77. The molecule has 0 aliphatic rings. The van der Waals surface area contributed by atoms with Crippen molar-refractivity contribution in [2.24, 2.45) is 0 Å². The van der Waals surface area contributed by atoms with Crippen LogP contribution >= 0.6 is 39.0 Å². The van der Waals surface area contributed by atoms with Gasteiger partial charge in [0, 0.05) is 21.6 Å². The number of hydrogen-bond acceptors (Lipinski definition) is 5. The summed E-state index contributed by atoms with van der Waals surface area (Å²) in [5, 5.41) is 0.688. The van der Waals surface area contributed by atoms with Crippen molar-refractivity contribution >= 4 is 67.2 Å². The third kappa shape index (κ3) is 3.59. The van der Waals surface area contributed by atoms with E-state index in [9.17, 15) is 9.59 Å². The van der Waals surface area contributed by atoms with Crippen molar-refractivity contribution in [2.75, 3.05) is 12.4 Å². The van der Waals surface area contributed by atoms with Gasteiger partial charge >= 0.3 is 5.97 Å². The number of ether oxygens (including phenoxy) is 1. The molecule has 0 N–H and O–H groups in total. The Labute approximate surface area is 191 Å². The first-order valence-electron chi connectivity index (χ1n) is 9.63. The normalized spacial score (nSPS) is 11.3. The maximum absolute atomic E-state index is 13.5. The molecule has 154 valence electrons. The molecule has 0 radical (unpaired) electrons. The maximum Gasteiger partial charge on any atom is 0.341 e. The maximum atomic E-state index is 13.5. The van der Waals surface area contributed by atoms with Gasteiger partial charge in [0.25, 0.3) is 0 Å². The van der Waals surface area contributed by atoms with Crippen molar-refractivity contribution in [3.8, 4) is 0 Å². The summed E-state index contributed by atoms with van der Waals surface area (Å²) in [6.07, 6.45) is 1.97. The summed E-state index contributed by atoms with van der Waals surface area (Å²) >= 11 is 6.55. The summed E-state index contributed by atoms with van der Waals surface area (Å²) in [5.41, 5.74) is 3.78. The van der Waals surface area contributed by atoms with E-state index >= 15 is 0 Å². The van der Waals surface area contributed by atoms with Crippen LogP contribution in [0.5, 0.6) is 0 Å². The first-order valence-corrected chi connectivity index (χ1v) is 12.2. The number of esters is 1. The molecule has 0 bridgehead atoms. The van der Waals surface area contributed by atoms with E-state index in [2.05, 4.69) is 22.9 Å². The Bertz CT molecular complexity index is 1270. The van der Waals surface area contributed by atoms with Gasteiger partial charge in [0.1, 0.15) is 0 Å². The highest BCUT2D eigenvalue weighted by Crippen LogP contribution is 2.44. The van der Waals surface area contributed by atoms with Gasteiger partial charge in [-0.05, 0) is 61.6 Å². The molecule has 30 heavy (non-hydrogen) atoms. The minimum Gasteiger partial charge on any atom is -0.462 e. The van der Waals surface area contributed by atoms with Crippen LogP contribution < -0.4 is 0 Å². The number of nitrogens with zero attached hydrogens (tertiary/aromatic N) is 1. The topological polar surface area (TPSA) is 47.8 Å². The molecule has 3 heterocycles. The molecule has 1 aromatic carbocycles. The molecule has 0 amide bonds. The van der Waals surface area contributed by atoms with E-state index in [4.69, 9.17) is 4.74 Å². The van der Waals surface area contributed by atoms with Gasteiger partial charge in [-0.25, -0.2) is 4.79 Å². The number of aryl methyl sites for hydroxylation is 1. The molecule has 7 heteroatoms. The van der Waals surface area contributed by atoms with Crippen LogP contribution in [0.3, 0.4) is 0 Å². The van der Waals surface area contributed by atoms with Gasteiger partial charge in [-0.15, -0.1) is 23.1 Å². The number of ketones is 1. The lowest BCUT2D eigenvalue weighted by Gasteiger charge is -2.05. The van der Waals surface area contributed by atoms with Crippen molar-refractivity contribution in [3.05, 3.63) is 68.6 Å². The molecular formula is C23H20BrNO3S2. The van der Waals surface area contributed by atoms with Crippen molar-refractivity contribution in [3.63, 3.8) is 0 Å². The molecule has 0 spiro atoms. The van der Waals surface area contributed by atoms with Gasteiger partial charge in [0.2, 0.25) is 5.78 Å². The van der Waals surface area contributed by atoms with Crippen molar-refractivity contribution in [2.45, 2.75) is 25.0 Å². The molecule has 0 saturated carbocycles. The molecule has 0 aliphatic carbocycles. The molecule has 0 saturated heterocycles. The van der Waals surface area contributed by atoms with E-state index in [0.717, 1.165) is 31.0 Å². The predicted molar refractivity (Wildman–Crippen MR) is 127 cm³/mol. The first kappa shape index (κ1) is 21.2. The largest absolute Gasteiger partial charge is 0.462 e. The Morgan fingerprint density at radius 3 is 2.57 bits per heavy atom. The SMILES string of the molecule is CCOC(=O)c1c2c(C(=O)c3ccc(Br)cc3)sc(SCC)c2n2ccc(C)cc12. The fourth-order valence-electron chi connectivity index (χ4n) is 3.50. The van der Waals surface area contributed by atoms with E-state index in [-0.39, 0.29) is 12.4 Å². The van der Waals surface area contributed by atoms with Crippen molar-refractivity contribution < 1.29 is 14.3 Å². The highest BCUT2D eigenvalue weighted by Gasteiger charge is 2.29. The van der Waals surface area contributed by atoms with Crippen LogP contribution in [0.2, 0.25) is 0 Å². The number of carbonyl (C=O) groups is 2. The Hall–Kier alpha value is -2.09. The van der Waals surface area contributed by atoms with Gasteiger partial charge in [0.15, 0.2) is 0 Å². The summed E-state index contributed by atoms with van der Waals surface area (Å²) < 4.78 is 9.35. The Morgan fingerprint density at radius 2 is 1.90 bits per heavy atom. The second kappa shape index (κ2) is 8.57. The number of thioether (sulfide) groups is 1. The number of thiophene rings is 1. The van der Waals surface area contributed by atoms with E-state index < -0.39 is 5.97 Å². The second-order valence-corrected chi connectivity index (χ2v) is 10.2. The highest BCUT2D eigenvalue weighted by molar-refractivity contribution is 9.10. The van der Waals surface area contributed by atoms with Crippen molar-refractivity contribution in [1.29, 1.82) is 0 Å². The standard InChI is InChI=1S/C23H20BrNO3S2/c1-4-28-22(27)17-16-12-13(3)10-11-25(16)19-18(17)21(30-23(19)29-5-2)20(26)14-6-8-15(24)9-7-14/h6-12H,4-5H2,1-3H3. The van der Waals surface area contributed by atoms with Gasteiger partial charge in [-0.2, -0.15) is 0 Å². The average Bonchev–Trinajstić information content (AvgIpc) is 3.24. The number of carbonyl (C=O) groups excluding carboxylic acids is 2. The summed E-state index contributed by atoms with van der Waals surface area (Å²) in [4.78, 5) is 27.1. The fourth-order valence-corrected chi connectivity index (χ4v) is 6.20. The molecule has 4 aromatic rings. The summed E-state index contributed by atoms with van der Waals surface area (Å²) in [6, 6.07) is 11.3. The van der Waals surface area contributed by atoms with Crippen LogP contribution in [-0.2, 0) is 4.74 Å². The minimum absolute atomic E-state index is 0.0846. The van der Waals surface area contributed by atoms with Crippen LogP contribution in [0.1, 0.15) is 45.0 Å². The molecule has 0 aliphatic heterocycles. The van der Waals surface area contributed by atoms with Crippen molar-refractivity contribution in [1.82, 2.24) is 4.40 Å². The number of pyridine rings is 1. The van der Waals surface area contributed by atoms with Gasteiger partial charge in [0.05, 0.1) is 32.3 Å². The molecule has 0 atom stereocenters.